The zero-order chi connectivity index (χ0) is 18.8. The smallest absolute Gasteiger partial charge is 0.257 e. The molecule has 0 radical (unpaired) electrons. The molecule has 1 saturated carbocycles. The number of nitrogens with zero attached hydrogens (tertiary/aromatic N) is 1. The van der Waals surface area contributed by atoms with Crippen LogP contribution in [-0.4, -0.2) is 23.0 Å². The molecule has 1 aliphatic rings. The van der Waals surface area contributed by atoms with E-state index in [1.54, 1.807) is 31.4 Å². The van der Waals surface area contributed by atoms with E-state index in [-0.39, 0.29) is 5.91 Å². The van der Waals surface area contributed by atoms with Crippen LogP contribution < -0.4 is 10.1 Å². The van der Waals surface area contributed by atoms with Crippen LogP contribution in [0.3, 0.4) is 0 Å². The highest BCUT2D eigenvalue weighted by atomic mass is 35.5. The van der Waals surface area contributed by atoms with Crippen molar-refractivity contribution in [1.29, 1.82) is 0 Å². The zero-order valence-corrected chi connectivity index (χ0v) is 15.7. The van der Waals surface area contributed by atoms with Crippen LogP contribution >= 0.6 is 11.6 Å². The molecule has 2 aromatic carbocycles. The van der Waals surface area contributed by atoms with Gasteiger partial charge < -0.3 is 9.72 Å². The predicted octanol–water partition coefficient (Wildman–Crippen LogP) is 4.94. The van der Waals surface area contributed by atoms with E-state index in [9.17, 15) is 4.79 Å². The molecule has 0 aliphatic heterocycles. The number of rotatable bonds is 6. The van der Waals surface area contributed by atoms with Crippen molar-refractivity contribution in [2.24, 2.45) is 5.92 Å². The molecule has 2 N–H and O–H groups in total. The first kappa shape index (κ1) is 17.6. The molecule has 5 nitrogen and oxygen atoms in total. The molecule has 3 aromatic rings. The monoisotopic (exact) mass is 381 g/mol. The molecule has 0 spiro atoms. The number of H-pyrrole nitrogens is 1. The maximum Gasteiger partial charge on any atom is 0.257 e. The van der Waals surface area contributed by atoms with E-state index in [0.29, 0.717) is 22.5 Å². The average molecular weight is 382 g/mol. The number of methoxy groups -OCH3 is 1. The molecular weight excluding hydrogens is 362 g/mol. The maximum absolute atomic E-state index is 12.5. The average Bonchev–Trinajstić information content (AvgIpc) is 3.41. The Bertz CT molecular complexity index is 945. The van der Waals surface area contributed by atoms with E-state index < -0.39 is 0 Å². The summed E-state index contributed by atoms with van der Waals surface area (Å²) in [5.74, 6) is 1.73. The first-order valence-corrected chi connectivity index (χ1v) is 9.30. The van der Waals surface area contributed by atoms with Gasteiger partial charge in [-0.2, -0.15) is 0 Å². The minimum absolute atomic E-state index is 0.223. The van der Waals surface area contributed by atoms with Crippen molar-refractivity contribution < 1.29 is 9.53 Å². The topological polar surface area (TPSA) is 67.0 Å². The Morgan fingerprint density at radius 2 is 1.89 bits per heavy atom. The summed E-state index contributed by atoms with van der Waals surface area (Å²) in [6.07, 6.45) is 3.42. The summed E-state index contributed by atoms with van der Waals surface area (Å²) < 4.78 is 5.23. The van der Waals surface area contributed by atoms with Gasteiger partial charge in [0.05, 0.1) is 12.8 Å². The lowest BCUT2D eigenvalue weighted by molar-refractivity contribution is 0.102. The summed E-state index contributed by atoms with van der Waals surface area (Å²) in [6, 6.07) is 14.6. The fraction of sp³-hybridized carbons (Fsp3) is 0.238. The van der Waals surface area contributed by atoms with Gasteiger partial charge in [0.25, 0.3) is 5.91 Å². The quantitative estimate of drug-likeness (QED) is 0.635. The molecule has 0 unspecified atom stereocenters. The van der Waals surface area contributed by atoms with Crippen molar-refractivity contribution in [2.45, 2.75) is 19.3 Å². The summed E-state index contributed by atoms with van der Waals surface area (Å²) in [5, 5.41) is 3.45. The third kappa shape index (κ3) is 4.14. The van der Waals surface area contributed by atoms with Crippen molar-refractivity contribution in [1.82, 2.24) is 9.97 Å². The minimum Gasteiger partial charge on any atom is -0.497 e. The number of carbonyl (C=O) groups is 1. The number of nitrogens with one attached hydrogen (secondary N) is 2. The molecule has 27 heavy (non-hydrogen) atoms. The van der Waals surface area contributed by atoms with Crippen LogP contribution in [0, 0.1) is 5.92 Å². The van der Waals surface area contributed by atoms with Gasteiger partial charge >= 0.3 is 0 Å². The summed E-state index contributed by atoms with van der Waals surface area (Å²) >= 11 is 5.89. The number of benzene rings is 2. The van der Waals surface area contributed by atoms with Crippen LogP contribution in [0.1, 0.15) is 28.9 Å². The lowest BCUT2D eigenvalue weighted by atomic mass is 10.1. The fourth-order valence-electron chi connectivity index (χ4n) is 3.00. The lowest BCUT2D eigenvalue weighted by Crippen LogP contribution is -2.12. The Morgan fingerprint density at radius 1 is 1.19 bits per heavy atom. The van der Waals surface area contributed by atoms with Gasteiger partial charge in [-0.15, -0.1) is 0 Å². The third-order valence-electron chi connectivity index (χ3n) is 4.67. The Labute approximate surface area is 162 Å². The van der Waals surface area contributed by atoms with Crippen LogP contribution in [0.5, 0.6) is 5.75 Å². The number of anilines is 1. The van der Waals surface area contributed by atoms with E-state index >= 15 is 0 Å². The summed E-state index contributed by atoms with van der Waals surface area (Å²) in [6.45, 7) is 0. The molecule has 1 fully saturated rings. The van der Waals surface area contributed by atoms with Crippen LogP contribution in [0.15, 0.2) is 48.5 Å². The third-order valence-corrected chi connectivity index (χ3v) is 4.92. The molecule has 1 amide bonds. The lowest BCUT2D eigenvalue weighted by Gasteiger charge is -2.03. The van der Waals surface area contributed by atoms with Gasteiger partial charge in [0.15, 0.2) is 0 Å². The summed E-state index contributed by atoms with van der Waals surface area (Å²) in [7, 11) is 1.65. The van der Waals surface area contributed by atoms with Crippen molar-refractivity contribution in [3.8, 4) is 17.0 Å². The molecule has 1 aliphatic carbocycles. The first-order chi connectivity index (χ1) is 13.1. The number of halogens is 1. The van der Waals surface area contributed by atoms with Crippen LogP contribution in [-0.2, 0) is 6.42 Å². The number of ether oxygens (including phenoxy) is 1. The van der Waals surface area contributed by atoms with E-state index in [1.165, 1.54) is 12.8 Å². The van der Waals surface area contributed by atoms with Crippen molar-refractivity contribution in [2.75, 3.05) is 12.4 Å². The summed E-state index contributed by atoms with van der Waals surface area (Å²) in [5.41, 5.74) is 3.45. The number of hydrogen-bond acceptors (Lipinski definition) is 3. The molecule has 6 heteroatoms. The van der Waals surface area contributed by atoms with Gasteiger partial charge in [-0.25, -0.2) is 4.98 Å². The number of hydrogen-bond donors (Lipinski definition) is 2. The second kappa shape index (κ2) is 7.45. The molecule has 0 atom stereocenters. The standard InChI is InChI=1S/C21H20ClN3O2/c1-27-17-10-6-14(7-11-17)19-18(12-13-2-3-13)23-21(24-19)25-20(26)15-4-8-16(22)9-5-15/h4-11,13H,2-3,12H2,1H3,(H2,23,24,25,26). The van der Waals surface area contributed by atoms with Crippen molar-refractivity contribution in [3.63, 3.8) is 0 Å². The molecule has 1 heterocycles. The molecule has 138 valence electrons. The largest absolute Gasteiger partial charge is 0.497 e. The number of carbonyl (C=O) groups excluding carboxylic acids is 1. The van der Waals surface area contributed by atoms with Gasteiger partial charge in [0, 0.05) is 21.8 Å². The minimum atomic E-state index is -0.223. The molecule has 0 saturated heterocycles. The normalized spacial score (nSPS) is 13.4. The van der Waals surface area contributed by atoms with Crippen LogP contribution in [0.2, 0.25) is 5.02 Å². The Hall–Kier alpha value is -2.79. The van der Waals surface area contributed by atoms with E-state index in [1.807, 2.05) is 24.3 Å². The number of aromatic amines is 1. The van der Waals surface area contributed by atoms with Gasteiger partial charge in [-0.1, -0.05) is 11.6 Å². The molecule has 0 bridgehead atoms. The molecule has 4 rings (SSSR count). The predicted molar refractivity (Wildman–Crippen MR) is 106 cm³/mol. The zero-order valence-electron chi connectivity index (χ0n) is 15.0. The van der Waals surface area contributed by atoms with Crippen molar-refractivity contribution >= 4 is 23.5 Å². The highest BCUT2D eigenvalue weighted by Gasteiger charge is 2.25. The molecule has 1 aromatic heterocycles. The first-order valence-electron chi connectivity index (χ1n) is 8.92. The van der Waals surface area contributed by atoms with Crippen LogP contribution in [0.25, 0.3) is 11.3 Å². The summed E-state index contributed by atoms with van der Waals surface area (Å²) in [4.78, 5) is 20.4. The second-order valence-electron chi connectivity index (χ2n) is 6.75. The van der Waals surface area contributed by atoms with Gasteiger partial charge in [0.2, 0.25) is 5.95 Å². The Morgan fingerprint density at radius 3 is 2.52 bits per heavy atom. The second-order valence-corrected chi connectivity index (χ2v) is 7.19. The SMILES string of the molecule is COc1ccc(-c2nc(NC(=O)c3ccc(Cl)cc3)[nH]c2CC2CC2)cc1. The number of amides is 1. The van der Waals surface area contributed by atoms with Gasteiger partial charge in [-0.3, -0.25) is 10.1 Å². The highest BCUT2D eigenvalue weighted by Crippen LogP contribution is 2.35. The van der Waals surface area contributed by atoms with E-state index in [4.69, 9.17) is 16.3 Å². The maximum atomic E-state index is 12.5. The fourth-order valence-corrected chi connectivity index (χ4v) is 3.12. The van der Waals surface area contributed by atoms with Crippen LogP contribution in [0.4, 0.5) is 5.95 Å². The van der Waals surface area contributed by atoms with Gasteiger partial charge in [-0.05, 0) is 73.7 Å². The van der Waals surface area contributed by atoms with E-state index in [0.717, 1.165) is 29.1 Å². The Balaban J connectivity index is 1.60. The van der Waals surface area contributed by atoms with E-state index in [2.05, 4.69) is 15.3 Å². The van der Waals surface area contributed by atoms with Crippen molar-refractivity contribution in [3.05, 3.63) is 64.8 Å². The Kier molecular flexibility index (Phi) is 4.86. The molecular formula is C21H20ClN3O2. The number of aromatic nitrogens is 2. The highest BCUT2D eigenvalue weighted by molar-refractivity contribution is 6.30. The number of imidazole rings is 1. The van der Waals surface area contributed by atoms with Gasteiger partial charge in [0.1, 0.15) is 5.75 Å².